The molecule has 0 fully saturated rings. The van der Waals surface area contributed by atoms with Crippen LogP contribution in [-0.4, -0.2) is 18.3 Å². The Kier molecular flexibility index (Phi) is 5.66. The van der Waals surface area contributed by atoms with Gasteiger partial charge in [0.25, 0.3) is 0 Å². The minimum absolute atomic E-state index is 0.0935. The first-order chi connectivity index (χ1) is 11.2. The van der Waals surface area contributed by atoms with Crippen molar-refractivity contribution in [1.29, 1.82) is 5.26 Å². The number of nitrogens with zero attached hydrogens (tertiary/aromatic N) is 2. The molecule has 0 N–H and O–H groups in total. The zero-order chi connectivity index (χ0) is 17.8. The van der Waals surface area contributed by atoms with Crippen LogP contribution in [0.3, 0.4) is 0 Å². The van der Waals surface area contributed by atoms with E-state index < -0.39 is 15.6 Å². The number of benzene rings is 2. The molecule has 0 aliphatic carbocycles. The molecule has 0 amide bonds. The third-order valence-corrected chi connectivity index (χ3v) is 5.83. The van der Waals surface area contributed by atoms with E-state index in [-0.39, 0.29) is 12.3 Å². The summed E-state index contributed by atoms with van der Waals surface area (Å²) in [6.07, 6.45) is 0. The van der Waals surface area contributed by atoms with Gasteiger partial charge in [0.2, 0.25) is 10.0 Å². The average Bonchev–Trinajstić information content (AvgIpc) is 2.53. The molecule has 0 saturated carbocycles. The maximum atomic E-state index is 12.9. The van der Waals surface area contributed by atoms with Gasteiger partial charge in [-0.1, -0.05) is 54.1 Å². The molecule has 6 heteroatoms. The zero-order valence-corrected chi connectivity index (χ0v) is 15.2. The molecule has 0 spiro atoms. The summed E-state index contributed by atoms with van der Waals surface area (Å²) >= 11 is 5.99. The maximum Gasteiger partial charge on any atom is 0.219 e. The van der Waals surface area contributed by atoms with Crippen molar-refractivity contribution in [3.8, 4) is 6.07 Å². The van der Waals surface area contributed by atoms with Crippen molar-refractivity contribution in [2.75, 3.05) is 0 Å². The van der Waals surface area contributed by atoms with E-state index in [2.05, 4.69) is 6.07 Å². The lowest BCUT2D eigenvalue weighted by molar-refractivity contribution is 0.281. The first kappa shape index (κ1) is 18.5. The molecule has 126 valence electrons. The summed E-state index contributed by atoms with van der Waals surface area (Å²) in [6, 6.07) is 18.0. The Morgan fingerprint density at radius 1 is 1.08 bits per heavy atom. The van der Waals surface area contributed by atoms with Crippen molar-refractivity contribution in [3.63, 3.8) is 0 Å². The molecule has 2 aromatic rings. The van der Waals surface area contributed by atoms with Crippen LogP contribution < -0.4 is 0 Å². The molecule has 0 aliphatic rings. The summed E-state index contributed by atoms with van der Waals surface area (Å²) in [7, 11) is -3.69. The van der Waals surface area contributed by atoms with E-state index in [9.17, 15) is 13.7 Å². The van der Waals surface area contributed by atoms with Crippen LogP contribution in [0, 0.1) is 11.3 Å². The van der Waals surface area contributed by atoms with Crippen LogP contribution in [0.15, 0.2) is 54.6 Å². The van der Waals surface area contributed by atoms with Crippen molar-refractivity contribution < 1.29 is 8.42 Å². The van der Waals surface area contributed by atoms with Gasteiger partial charge in [0, 0.05) is 11.6 Å². The number of hydrogen-bond donors (Lipinski definition) is 0. The fourth-order valence-corrected chi connectivity index (χ4v) is 4.43. The monoisotopic (exact) mass is 362 g/mol. The highest BCUT2D eigenvalue weighted by Crippen LogP contribution is 2.25. The summed E-state index contributed by atoms with van der Waals surface area (Å²) < 4.78 is 27.1. The lowest BCUT2D eigenvalue weighted by Gasteiger charge is -2.32. The van der Waals surface area contributed by atoms with Gasteiger partial charge in [-0.05, 0) is 37.1 Å². The van der Waals surface area contributed by atoms with Crippen molar-refractivity contribution in [2.24, 2.45) is 0 Å². The van der Waals surface area contributed by atoms with Gasteiger partial charge in [-0.3, -0.25) is 0 Å². The Hall–Kier alpha value is -1.87. The molecule has 2 aromatic carbocycles. The quantitative estimate of drug-likeness (QED) is 0.781. The van der Waals surface area contributed by atoms with Gasteiger partial charge >= 0.3 is 0 Å². The second kappa shape index (κ2) is 7.35. The van der Waals surface area contributed by atoms with Crippen LogP contribution in [0.2, 0.25) is 5.02 Å². The second-order valence-corrected chi connectivity index (χ2v) is 8.38. The molecule has 0 heterocycles. The van der Waals surface area contributed by atoms with E-state index in [1.807, 2.05) is 6.07 Å². The van der Waals surface area contributed by atoms with Crippen LogP contribution in [0.1, 0.15) is 25.0 Å². The highest BCUT2D eigenvalue weighted by atomic mass is 35.5. The van der Waals surface area contributed by atoms with E-state index in [1.165, 1.54) is 4.31 Å². The molecule has 4 nitrogen and oxygen atoms in total. The van der Waals surface area contributed by atoms with Gasteiger partial charge in [0.1, 0.15) is 5.54 Å². The van der Waals surface area contributed by atoms with Crippen LogP contribution >= 0.6 is 11.6 Å². The van der Waals surface area contributed by atoms with Gasteiger partial charge < -0.3 is 0 Å². The highest BCUT2D eigenvalue weighted by Gasteiger charge is 2.36. The van der Waals surface area contributed by atoms with Crippen LogP contribution in [0.25, 0.3) is 0 Å². The Labute approximate surface area is 148 Å². The summed E-state index contributed by atoms with van der Waals surface area (Å²) in [5.74, 6) is -0.153. The van der Waals surface area contributed by atoms with Gasteiger partial charge in [-0.15, -0.1) is 0 Å². The highest BCUT2D eigenvalue weighted by molar-refractivity contribution is 7.88. The molecule has 0 aromatic heterocycles. The smallest absolute Gasteiger partial charge is 0.212 e. The van der Waals surface area contributed by atoms with E-state index in [0.717, 1.165) is 5.56 Å². The van der Waals surface area contributed by atoms with Gasteiger partial charge in [0.05, 0.1) is 11.8 Å². The fourth-order valence-electron chi connectivity index (χ4n) is 2.36. The number of rotatable bonds is 6. The van der Waals surface area contributed by atoms with Crippen molar-refractivity contribution in [2.45, 2.75) is 31.7 Å². The fraction of sp³-hybridized carbons (Fsp3) is 0.278. The van der Waals surface area contributed by atoms with Crippen LogP contribution in [-0.2, 0) is 22.3 Å². The Balaban J connectivity index is 2.37. The minimum Gasteiger partial charge on any atom is -0.212 e. The molecule has 0 aliphatic heterocycles. The van der Waals surface area contributed by atoms with Crippen molar-refractivity contribution in [3.05, 3.63) is 70.7 Å². The van der Waals surface area contributed by atoms with Gasteiger partial charge in [-0.25, -0.2) is 8.42 Å². The predicted molar refractivity (Wildman–Crippen MR) is 95.8 cm³/mol. The summed E-state index contributed by atoms with van der Waals surface area (Å²) in [6.45, 7) is 3.29. The number of nitriles is 1. The largest absolute Gasteiger partial charge is 0.219 e. The predicted octanol–water partition coefficient (Wildman–Crippen LogP) is 3.97. The Morgan fingerprint density at radius 2 is 1.71 bits per heavy atom. The molecule has 0 unspecified atom stereocenters. The SMILES string of the molecule is CC(C)(C#N)N(Cc1cccc(Cl)c1)S(=O)(=O)Cc1ccccc1. The Bertz CT molecular complexity index is 843. The molecule has 0 radical (unpaired) electrons. The van der Waals surface area contributed by atoms with Crippen molar-refractivity contribution >= 4 is 21.6 Å². The summed E-state index contributed by atoms with van der Waals surface area (Å²) in [5.41, 5.74) is 0.250. The van der Waals surface area contributed by atoms with E-state index in [1.54, 1.807) is 62.4 Å². The molecular weight excluding hydrogens is 344 g/mol. The first-order valence-corrected chi connectivity index (χ1v) is 9.43. The van der Waals surface area contributed by atoms with Gasteiger partial charge in [0.15, 0.2) is 0 Å². The third-order valence-electron chi connectivity index (χ3n) is 3.64. The maximum absolute atomic E-state index is 12.9. The number of sulfonamides is 1. The molecule has 0 saturated heterocycles. The lowest BCUT2D eigenvalue weighted by Crippen LogP contribution is -2.46. The number of halogens is 1. The normalized spacial score (nSPS) is 12.1. The first-order valence-electron chi connectivity index (χ1n) is 7.45. The van der Waals surface area contributed by atoms with E-state index in [4.69, 9.17) is 11.6 Å². The lowest BCUT2D eigenvalue weighted by atomic mass is 10.1. The number of hydrogen-bond acceptors (Lipinski definition) is 3. The van der Waals surface area contributed by atoms with Crippen molar-refractivity contribution in [1.82, 2.24) is 4.31 Å². The molecule has 0 bridgehead atoms. The summed E-state index contributed by atoms with van der Waals surface area (Å²) in [4.78, 5) is 0. The minimum atomic E-state index is -3.69. The topological polar surface area (TPSA) is 61.2 Å². The third kappa shape index (κ3) is 4.57. The standard InChI is InChI=1S/C18H19ClN2O2S/c1-18(2,14-20)21(12-16-9-6-10-17(19)11-16)24(22,23)13-15-7-4-3-5-8-15/h3-11H,12-13H2,1-2H3. The van der Waals surface area contributed by atoms with Crippen LogP contribution in [0.4, 0.5) is 0 Å². The second-order valence-electron chi connectivity index (χ2n) is 6.05. The average molecular weight is 363 g/mol. The van der Waals surface area contributed by atoms with Gasteiger partial charge in [-0.2, -0.15) is 9.57 Å². The van der Waals surface area contributed by atoms with Crippen LogP contribution in [0.5, 0.6) is 0 Å². The Morgan fingerprint density at radius 3 is 2.29 bits per heavy atom. The molecule has 24 heavy (non-hydrogen) atoms. The molecule has 0 atom stereocenters. The molecule has 2 rings (SSSR count). The zero-order valence-electron chi connectivity index (χ0n) is 13.6. The van der Waals surface area contributed by atoms with E-state index in [0.29, 0.717) is 10.6 Å². The summed E-state index contributed by atoms with van der Waals surface area (Å²) in [5, 5.41) is 9.97. The molecular formula is C18H19ClN2O2S. The van der Waals surface area contributed by atoms with E-state index >= 15 is 0 Å².